The Bertz CT molecular complexity index is 979. The maximum atomic E-state index is 13.1. The van der Waals surface area contributed by atoms with E-state index in [-0.39, 0.29) is 23.9 Å². The minimum atomic E-state index is -0.282. The van der Waals surface area contributed by atoms with Crippen LogP contribution in [0.15, 0.2) is 64.4 Å². The van der Waals surface area contributed by atoms with Crippen molar-refractivity contribution in [2.45, 2.75) is 12.2 Å². The van der Waals surface area contributed by atoms with Crippen LogP contribution in [0, 0.1) is 0 Å². The lowest BCUT2D eigenvalue weighted by molar-refractivity contribution is -0.111. The molecule has 2 aliphatic rings. The van der Waals surface area contributed by atoms with Crippen LogP contribution in [0.2, 0.25) is 0 Å². The molecular weight excluding hydrogens is 392 g/mol. The Labute approximate surface area is 172 Å². The molecule has 4 nitrogen and oxygen atoms in total. The summed E-state index contributed by atoms with van der Waals surface area (Å²) in [5.41, 5.74) is 1.59. The lowest BCUT2D eigenvalue weighted by Gasteiger charge is -2.07. The fraction of sp³-hybridized carbons (Fsp3) is 0.182. The van der Waals surface area contributed by atoms with E-state index >= 15 is 0 Å². The molecule has 1 atom stereocenters. The van der Waals surface area contributed by atoms with E-state index in [1.807, 2.05) is 24.3 Å². The zero-order valence-electron chi connectivity index (χ0n) is 15.2. The molecule has 6 heteroatoms. The van der Waals surface area contributed by atoms with E-state index in [9.17, 15) is 9.59 Å². The number of benzene rings is 2. The molecule has 142 valence electrons. The SMILES string of the molecule is C[C@H]1CS/C(=C(/C(=O)/C=C/c2ccc3c(c2)OCO3)C(=O)c2ccccc2)S1. The van der Waals surface area contributed by atoms with E-state index < -0.39 is 0 Å². The molecule has 0 spiro atoms. The Hall–Kier alpha value is -2.44. The zero-order chi connectivity index (χ0) is 19.5. The molecule has 0 N–H and O–H groups in total. The molecule has 2 heterocycles. The van der Waals surface area contributed by atoms with E-state index in [4.69, 9.17) is 9.47 Å². The third kappa shape index (κ3) is 4.03. The predicted octanol–water partition coefficient (Wildman–Crippen LogP) is 4.96. The third-order valence-electron chi connectivity index (χ3n) is 4.29. The van der Waals surface area contributed by atoms with Gasteiger partial charge in [-0.05, 0) is 23.8 Å². The lowest BCUT2D eigenvalue weighted by Crippen LogP contribution is -2.12. The van der Waals surface area contributed by atoms with Gasteiger partial charge in [-0.25, -0.2) is 0 Å². The van der Waals surface area contributed by atoms with Gasteiger partial charge in [-0.2, -0.15) is 0 Å². The first-order valence-corrected chi connectivity index (χ1v) is 10.7. The number of allylic oxidation sites excluding steroid dienone is 2. The zero-order valence-corrected chi connectivity index (χ0v) is 16.8. The second-order valence-electron chi connectivity index (χ2n) is 6.41. The number of ether oxygens (including phenoxy) is 2. The van der Waals surface area contributed by atoms with Crippen molar-refractivity contribution in [1.82, 2.24) is 0 Å². The average molecular weight is 411 g/mol. The summed E-state index contributed by atoms with van der Waals surface area (Å²) in [6.07, 6.45) is 3.17. The highest BCUT2D eigenvalue weighted by Crippen LogP contribution is 2.44. The Morgan fingerprint density at radius 2 is 1.86 bits per heavy atom. The molecule has 0 amide bonds. The first-order valence-electron chi connectivity index (χ1n) is 8.87. The van der Waals surface area contributed by atoms with Crippen molar-refractivity contribution in [2.24, 2.45) is 0 Å². The quantitative estimate of drug-likeness (QED) is 0.301. The van der Waals surface area contributed by atoms with Gasteiger partial charge in [0.2, 0.25) is 6.79 Å². The summed E-state index contributed by atoms with van der Waals surface area (Å²) in [4.78, 5) is 26.1. The van der Waals surface area contributed by atoms with Crippen LogP contribution >= 0.6 is 23.5 Å². The molecule has 0 radical (unpaired) electrons. The van der Waals surface area contributed by atoms with Crippen LogP contribution in [-0.4, -0.2) is 29.4 Å². The first-order chi connectivity index (χ1) is 13.6. The lowest BCUT2D eigenvalue weighted by atomic mass is 10.0. The van der Waals surface area contributed by atoms with Crippen molar-refractivity contribution in [3.05, 3.63) is 75.5 Å². The topological polar surface area (TPSA) is 52.6 Å². The van der Waals surface area contributed by atoms with Crippen LogP contribution in [0.25, 0.3) is 6.08 Å². The first kappa shape index (κ1) is 18.9. The molecule has 4 rings (SSSR count). The maximum absolute atomic E-state index is 13.1. The minimum Gasteiger partial charge on any atom is -0.454 e. The number of hydrogen-bond acceptors (Lipinski definition) is 6. The Kier molecular flexibility index (Phi) is 5.59. The van der Waals surface area contributed by atoms with Crippen molar-refractivity contribution in [2.75, 3.05) is 12.5 Å². The highest BCUT2D eigenvalue weighted by molar-refractivity contribution is 8.25. The van der Waals surface area contributed by atoms with Gasteiger partial charge in [0.25, 0.3) is 0 Å². The number of ketones is 2. The summed E-state index contributed by atoms with van der Waals surface area (Å²) in [6.45, 7) is 2.30. The maximum Gasteiger partial charge on any atom is 0.231 e. The summed E-state index contributed by atoms with van der Waals surface area (Å²) >= 11 is 3.17. The largest absolute Gasteiger partial charge is 0.454 e. The molecule has 0 aliphatic carbocycles. The third-order valence-corrected chi connectivity index (χ3v) is 7.27. The molecule has 0 saturated carbocycles. The van der Waals surface area contributed by atoms with Crippen molar-refractivity contribution in [1.29, 1.82) is 0 Å². The van der Waals surface area contributed by atoms with Gasteiger partial charge in [-0.1, -0.05) is 49.4 Å². The number of carbonyl (C=O) groups is 2. The molecule has 28 heavy (non-hydrogen) atoms. The average Bonchev–Trinajstić information content (AvgIpc) is 3.35. The van der Waals surface area contributed by atoms with Gasteiger partial charge < -0.3 is 9.47 Å². The van der Waals surface area contributed by atoms with Crippen LogP contribution in [0.3, 0.4) is 0 Å². The second kappa shape index (κ2) is 8.29. The van der Waals surface area contributed by atoms with Gasteiger partial charge in [-0.3, -0.25) is 9.59 Å². The van der Waals surface area contributed by atoms with Crippen LogP contribution in [0.1, 0.15) is 22.8 Å². The van der Waals surface area contributed by atoms with Crippen molar-refractivity contribution in [3.8, 4) is 11.5 Å². The molecular formula is C22H18O4S2. The molecule has 1 fully saturated rings. The monoisotopic (exact) mass is 410 g/mol. The number of thioether (sulfide) groups is 2. The smallest absolute Gasteiger partial charge is 0.231 e. The molecule has 2 aromatic carbocycles. The molecule has 0 unspecified atom stereocenters. The standard InChI is InChI=1S/C22H18O4S2/c1-14-12-27-22(28-14)20(21(24)16-5-3-2-4-6-16)17(23)9-7-15-8-10-18-19(11-15)26-13-25-18/h2-11,14H,12-13H2,1H3/b9-7+,22-20+/t14-/m0/s1. The Balaban J connectivity index is 1.63. The summed E-state index contributed by atoms with van der Waals surface area (Å²) in [5, 5.41) is 0.379. The van der Waals surface area contributed by atoms with Crippen LogP contribution in [0.4, 0.5) is 0 Å². The summed E-state index contributed by atoms with van der Waals surface area (Å²) in [6, 6.07) is 14.4. The molecule has 2 aromatic rings. The second-order valence-corrected chi connectivity index (χ2v) is 9.14. The fourth-order valence-corrected chi connectivity index (χ4v) is 5.73. The van der Waals surface area contributed by atoms with Crippen LogP contribution in [-0.2, 0) is 4.79 Å². The fourth-order valence-electron chi connectivity index (χ4n) is 2.89. The van der Waals surface area contributed by atoms with E-state index in [1.165, 1.54) is 6.08 Å². The van der Waals surface area contributed by atoms with E-state index in [0.717, 1.165) is 15.6 Å². The van der Waals surface area contributed by atoms with Gasteiger partial charge in [0, 0.05) is 16.6 Å². The van der Waals surface area contributed by atoms with Crippen molar-refractivity contribution in [3.63, 3.8) is 0 Å². The van der Waals surface area contributed by atoms with Gasteiger partial charge in [-0.15, -0.1) is 23.5 Å². The molecule has 2 aliphatic heterocycles. The van der Waals surface area contributed by atoms with Crippen molar-refractivity contribution < 1.29 is 19.1 Å². The van der Waals surface area contributed by atoms with Crippen molar-refractivity contribution >= 4 is 41.2 Å². The van der Waals surface area contributed by atoms with E-state index in [0.29, 0.717) is 22.3 Å². The minimum absolute atomic E-state index is 0.204. The Morgan fingerprint density at radius 3 is 2.61 bits per heavy atom. The number of carbonyl (C=O) groups excluding carboxylic acids is 2. The number of hydrogen-bond donors (Lipinski definition) is 0. The summed E-state index contributed by atoms with van der Waals surface area (Å²) < 4.78 is 11.5. The highest BCUT2D eigenvalue weighted by Gasteiger charge is 2.28. The van der Waals surface area contributed by atoms with Crippen LogP contribution in [0.5, 0.6) is 11.5 Å². The normalized spacial score (nSPS) is 19.8. The summed E-state index contributed by atoms with van der Waals surface area (Å²) in [7, 11) is 0. The molecule has 0 aromatic heterocycles. The number of Topliss-reactive ketones (excluding diaryl/α,β-unsaturated/α-hetero) is 1. The van der Waals surface area contributed by atoms with Gasteiger partial charge >= 0.3 is 0 Å². The predicted molar refractivity (Wildman–Crippen MR) is 114 cm³/mol. The van der Waals surface area contributed by atoms with Crippen LogP contribution < -0.4 is 9.47 Å². The summed E-state index contributed by atoms with van der Waals surface area (Å²) in [5.74, 6) is 1.73. The molecule has 0 bridgehead atoms. The van der Waals surface area contributed by atoms with E-state index in [2.05, 4.69) is 6.92 Å². The number of rotatable bonds is 5. The van der Waals surface area contributed by atoms with Gasteiger partial charge in [0.15, 0.2) is 23.1 Å². The number of fused-ring (bicyclic) bond motifs is 1. The van der Waals surface area contributed by atoms with Gasteiger partial charge in [0.1, 0.15) is 0 Å². The van der Waals surface area contributed by atoms with Gasteiger partial charge in [0.05, 0.1) is 9.81 Å². The van der Waals surface area contributed by atoms with E-state index in [1.54, 1.807) is 53.9 Å². The molecule has 1 saturated heterocycles. The highest BCUT2D eigenvalue weighted by atomic mass is 32.2. The Morgan fingerprint density at radius 1 is 1.07 bits per heavy atom.